The van der Waals surface area contributed by atoms with Gasteiger partial charge in [-0.05, 0) is 62.4 Å². The maximum absolute atomic E-state index is 4.64. The second-order valence-electron chi connectivity index (χ2n) is 7.13. The Morgan fingerprint density at radius 2 is 2.10 bits per heavy atom. The Labute approximate surface area is 130 Å². The summed E-state index contributed by atoms with van der Waals surface area (Å²) in [4.78, 5) is 7.20. The minimum Gasteiger partial charge on any atom is -0.313 e. The zero-order valence-corrected chi connectivity index (χ0v) is 14.0. The first-order valence-electron chi connectivity index (χ1n) is 8.46. The topological polar surface area (TPSA) is 28.2 Å². The molecule has 1 aromatic heterocycles. The molecule has 1 fully saturated rings. The van der Waals surface area contributed by atoms with Crippen LogP contribution in [-0.2, 0) is 13.1 Å². The van der Waals surface area contributed by atoms with Crippen LogP contribution in [0.25, 0.3) is 0 Å². The van der Waals surface area contributed by atoms with Gasteiger partial charge < -0.3 is 5.32 Å². The van der Waals surface area contributed by atoms with Crippen LogP contribution in [0.5, 0.6) is 0 Å². The smallest absolute Gasteiger partial charge is 0.0544 e. The lowest BCUT2D eigenvalue weighted by molar-refractivity contribution is 0.253. The van der Waals surface area contributed by atoms with Crippen molar-refractivity contribution < 1.29 is 0 Å². The van der Waals surface area contributed by atoms with Gasteiger partial charge in [0.15, 0.2) is 0 Å². The van der Waals surface area contributed by atoms with E-state index in [9.17, 15) is 0 Å². The van der Waals surface area contributed by atoms with E-state index >= 15 is 0 Å². The van der Waals surface area contributed by atoms with E-state index in [1.54, 1.807) is 0 Å². The van der Waals surface area contributed by atoms with Crippen molar-refractivity contribution in [2.45, 2.75) is 59.5 Å². The van der Waals surface area contributed by atoms with Gasteiger partial charge in [0.2, 0.25) is 0 Å². The van der Waals surface area contributed by atoms with E-state index < -0.39 is 0 Å². The average molecular weight is 289 g/mol. The third-order valence-electron chi connectivity index (χ3n) is 4.46. The Hall–Kier alpha value is -0.930. The first-order chi connectivity index (χ1) is 10.1. The third kappa shape index (κ3) is 5.76. The predicted octanol–water partition coefficient (Wildman–Crippen LogP) is 3.59. The summed E-state index contributed by atoms with van der Waals surface area (Å²) in [5, 5.41) is 3.42. The normalized spacial score (nSPS) is 19.4. The van der Waals surface area contributed by atoms with Gasteiger partial charge in [-0.3, -0.25) is 9.88 Å². The highest BCUT2D eigenvalue weighted by atomic mass is 15.1. The lowest BCUT2D eigenvalue weighted by atomic mass is 9.85. The van der Waals surface area contributed by atoms with Crippen molar-refractivity contribution in [2.24, 2.45) is 5.41 Å². The molecule has 0 spiro atoms. The first-order valence-corrected chi connectivity index (χ1v) is 8.46. The molecular weight excluding hydrogens is 258 g/mol. The molecule has 118 valence electrons. The number of likely N-dealkylation sites (tertiary alicyclic amines) is 1. The molecule has 0 atom stereocenters. The van der Waals surface area contributed by atoms with Crippen molar-refractivity contribution >= 4 is 0 Å². The standard InChI is InChI=1S/C18H31N3/c1-4-10-19-13-16-6-7-17(20-14-16)15-21-11-5-8-18(2,3)9-12-21/h6-7,14,19H,4-5,8-13,15H2,1-3H3. The summed E-state index contributed by atoms with van der Waals surface area (Å²) in [5.74, 6) is 0. The van der Waals surface area contributed by atoms with Crippen LogP contribution < -0.4 is 5.32 Å². The van der Waals surface area contributed by atoms with Crippen LogP contribution in [0.4, 0.5) is 0 Å². The van der Waals surface area contributed by atoms with Gasteiger partial charge >= 0.3 is 0 Å². The van der Waals surface area contributed by atoms with E-state index in [2.05, 4.69) is 48.1 Å². The van der Waals surface area contributed by atoms with Crippen LogP contribution in [-0.4, -0.2) is 29.5 Å². The van der Waals surface area contributed by atoms with Gasteiger partial charge in [0, 0.05) is 19.3 Å². The minimum atomic E-state index is 0.511. The fourth-order valence-corrected chi connectivity index (χ4v) is 2.93. The van der Waals surface area contributed by atoms with E-state index in [0.717, 1.165) is 19.6 Å². The van der Waals surface area contributed by atoms with E-state index in [4.69, 9.17) is 0 Å². The van der Waals surface area contributed by atoms with Crippen molar-refractivity contribution in [2.75, 3.05) is 19.6 Å². The van der Waals surface area contributed by atoms with Gasteiger partial charge in [-0.1, -0.05) is 26.8 Å². The van der Waals surface area contributed by atoms with Crippen LogP contribution in [0.15, 0.2) is 18.3 Å². The molecule has 2 rings (SSSR count). The monoisotopic (exact) mass is 289 g/mol. The Bertz CT molecular complexity index is 411. The molecule has 1 N–H and O–H groups in total. The summed E-state index contributed by atoms with van der Waals surface area (Å²) in [6.07, 6.45) is 7.16. The van der Waals surface area contributed by atoms with Crippen molar-refractivity contribution in [3.05, 3.63) is 29.6 Å². The summed E-state index contributed by atoms with van der Waals surface area (Å²) in [7, 11) is 0. The molecule has 0 radical (unpaired) electrons. The van der Waals surface area contributed by atoms with Gasteiger partial charge in [-0.15, -0.1) is 0 Å². The van der Waals surface area contributed by atoms with Gasteiger partial charge in [0.05, 0.1) is 5.69 Å². The fraction of sp³-hybridized carbons (Fsp3) is 0.722. The molecule has 21 heavy (non-hydrogen) atoms. The van der Waals surface area contributed by atoms with E-state index in [1.807, 2.05) is 6.20 Å². The van der Waals surface area contributed by atoms with Crippen molar-refractivity contribution in [1.82, 2.24) is 15.2 Å². The molecule has 1 saturated heterocycles. The minimum absolute atomic E-state index is 0.511. The number of aromatic nitrogens is 1. The SMILES string of the molecule is CCCNCc1ccc(CN2CCCC(C)(C)CC2)nc1. The number of pyridine rings is 1. The summed E-state index contributed by atoms with van der Waals surface area (Å²) >= 11 is 0. The highest BCUT2D eigenvalue weighted by Crippen LogP contribution is 2.30. The van der Waals surface area contributed by atoms with Crippen LogP contribution in [0.2, 0.25) is 0 Å². The van der Waals surface area contributed by atoms with Crippen molar-refractivity contribution in [1.29, 1.82) is 0 Å². The zero-order valence-electron chi connectivity index (χ0n) is 14.0. The van der Waals surface area contributed by atoms with Crippen LogP contribution in [0.1, 0.15) is 57.7 Å². The summed E-state index contributed by atoms with van der Waals surface area (Å²) in [5.41, 5.74) is 3.00. The molecule has 1 aliphatic heterocycles. The highest BCUT2D eigenvalue weighted by molar-refractivity contribution is 5.14. The highest BCUT2D eigenvalue weighted by Gasteiger charge is 2.23. The van der Waals surface area contributed by atoms with E-state index in [0.29, 0.717) is 5.41 Å². The molecule has 0 bridgehead atoms. The van der Waals surface area contributed by atoms with E-state index in [-0.39, 0.29) is 0 Å². The lowest BCUT2D eigenvalue weighted by Crippen LogP contribution is -2.25. The van der Waals surface area contributed by atoms with Crippen LogP contribution in [0, 0.1) is 5.41 Å². The van der Waals surface area contributed by atoms with Crippen LogP contribution >= 0.6 is 0 Å². The molecule has 0 unspecified atom stereocenters. The maximum Gasteiger partial charge on any atom is 0.0544 e. The average Bonchev–Trinajstić information content (AvgIpc) is 2.62. The van der Waals surface area contributed by atoms with Crippen molar-refractivity contribution in [3.63, 3.8) is 0 Å². The Morgan fingerprint density at radius 1 is 1.24 bits per heavy atom. The predicted molar refractivity (Wildman–Crippen MR) is 89.1 cm³/mol. The second kappa shape index (κ2) is 7.90. The van der Waals surface area contributed by atoms with Crippen molar-refractivity contribution in [3.8, 4) is 0 Å². The number of nitrogens with zero attached hydrogens (tertiary/aromatic N) is 2. The molecule has 0 saturated carbocycles. The summed E-state index contributed by atoms with van der Waals surface area (Å²) in [6, 6.07) is 4.41. The first kappa shape index (κ1) is 16.4. The second-order valence-corrected chi connectivity index (χ2v) is 7.13. The lowest BCUT2D eigenvalue weighted by Gasteiger charge is -2.23. The van der Waals surface area contributed by atoms with Gasteiger partial charge in [0.25, 0.3) is 0 Å². The molecule has 2 heterocycles. The maximum atomic E-state index is 4.64. The Balaban J connectivity index is 1.82. The molecule has 0 amide bonds. The Morgan fingerprint density at radius 3 is 2.81 bits per heavy atom. The van der Waals surface area contributed by atoms with Gasteiger partial charge in [-0.2, -0.15) is 0 Å². The molecule has 1 aliphatic rings. The Kier molecular flexibility index (Phi) is 6.19. The van der Waals surface area contributed by atoms with Gasteiger partial charge in [-0.25, -0.2) is 0 Å². The quantitative estimate of drug-likeness (QED) is 0.811. The zero-order chi connectivity index (χ0) is 15.1. The number of nitrogens with one attached hydrogen (secondary N) is 1. The molecule has 3 nitrogen and oxygen atoms in total. The summed E-state index contributed by atoms with van der Waals surface area (Å²) in [6.45, 7) is 12.4. The third-order valence-corrected chi connectivity index (χ3v) is 4.46. The largest absolute Gasteiger partial charge is 0.313 e. The molecule has 0 aliphatic carbocycles. The fourth-order valence-electron chi connectivity index (χ4n) is 2.93. The molecular formula is C18H31N3. The van der Waals surface area contributed by atoms with Gasteiger partial charge in [0.1, 0.15) is 0 Å². The summed E-state index contributed by atoms with van der Waals surface area (Å²) < 4.78 is 0. The number of hydrogen-bond acceptors (Lipinski definition) is 3. The molecule has 3 heteroatoms. The molecule has 1 aromatic rings. The van der Waals surface area contributed by atoms with E-state index in [1.165, 1.54) is 50.0 Å². The number of rotatable bonds is 6. The van der Waals surface area contributed by atoms with Crippen LogP contribution in [0.3, 0.4) is 0 Å². The molecule has 0 aromatic carbocycles. The number of hydrogen-bond donors (Lipinski definition) is 1.